The summed E-state index contributed by atoms with van der Waals surface area (Å²) in [7, 11) is 1.75. The van der Waals surface area contributed by atoms with Gasteiger partial charge in [0.1, 0.15) is 5.60 Å². The number of pyridine rings is 1. The topological polar surface area (TPSA) is 91.7 Å². The molecule has 2 rings (SSSR count). The predicted octanol–water partition coefficient (Wildman–Crippen LogP) is 4.27. The molecular weight excluding hydrogens is 539 g/mol. The predicted molar refractivity (Wildman–Crippen MR) is 141 cm³/mol. The van der Waals surface area contributed by atoms with Gasteiger partial charge in [0, 0.05) is 37.4 Å². The fraction of sp³-hybridized carbons (Fsp3) is 0.545. The molecule has 8 nitrogen and oxygen atoms in total. The van der Waals surface area contributed by atoms with Gasteiger partial charge in [0.25, 0.3) is 0 Å². The zero-order chi connectivity index (χ0) is 22.9. The number of carbonyl (C=O) groups excluding carboxylic acids is 1. The SMILES string of the molecule is CN=C(NCCCN(Cc1cccnc1)C(=O)OC(C)(C)C)NCc1sc(C)nc1C.I. The van der Waals surface area contributed by atoms with E-state index in [0.29, 0.717) is 26.2 Å². The van der Waals surface area contributed by atoms with Gasteiger partial charge >= 0.3 is 6.09 Å². The first kappa shape index (κ1) is 28.1. The summed E-state index contributed by atoms with van der Waals surface area (Å²) < 4.78 is 5.58. The Morgan fingerprint density at radius 3 is 2.59 bits per heavy atom. The quantitative estimate of drug-likeness (QED) is 0.212. The highest BCUT2D eigenvalue weighted by atomic mass is 127. The van der Waals surface area contributed by atoms with E-state index >= 15 is 0 Å². The van der Waals surface area contributed by atoms with Crippen LogP contribution in [0.2, 0.25) is 0 Å². The molecule has 0 radical (unpaired) electrons. The maximum absolute atomic E-state index is 12.7. The molecule has 0 aliphatic heterocycles. The number of halogens is 1. The molecule has 0 fully saturated rings. The number of thiazole rings is 1. The van der Waals surface area contributed by atoms with Crippen LogP contribution in [0.3, 0.4) is 0 Å². The zero-order valence-corrected chi connectivity index (χ0v) is 22.9. The van der Waals surface area contributed by atoms with Gasteiger partial charge in [0.05, 0.1) is 23.8 Å². The van der Waals surface area contributed by atoms with E-state index in [9.17, 15) is 4.79 Å². The van der Waals surface area contributed by atoms with Crippen molar-refractivity contribution in [2.75, 3.05) is 20.1 Å². The molecule has 0 spiro atoms. The molecule has 0 atom stereocenters. The number of aliphatic imine (C=N–C) groups is 1. The summed E-state index contributed by atoms with van der Waals surface area (Å²) in [6.45, 7) is 12.0. The number of aromatic nitrogens is 2. The van der Waals surface area contributed by atoms with Crippen molar-refractivity contribution in [2.45, 2.75) is 59.7 Å². The molecule has 2 aromatic heterocycles. The van der Waals surface area contributed by atoms with Gasteiger partial charge in [-0.1, -0.05) is 6.07 Å². The lowest BCUT2D eigenvalue weighted by Gasteiger charge is -2.27. The van der Waals surface area contributed by atoms with Crippen LogP contribution >= 0.6 is 35.3 Å². The highest BCUT2D eigenvalue weighted by Gasteiger charge is 2.22. The van der Waals surface area contributed by atoms with Crippen molar-refractivity contribution in [3.8, 4) is 0 Å². The molecule has 0 saturated carbocycles. The van der Waals surface area contributed by atoms with Crippen LogP contribution in [0.5, 0.6) is 0 Å². The molecular formula is C22H35IN6O2S. The number of guanidine groups is 1. The van der Waals surface area contributed by atoms with Gasteiger partial charge in [-0.05, 0) is 52.7 Å². The molecule has 2 aromatic rings. The van der Waals surface area contributed by atoms with Crippen molar-refractivity contribution in [3.63, 3.8) is 0 Å². The van der Waals surface area contributed by atoms with E-state index in [1.54, 1.807) is 35.7 Å². The lowest BCUT2D eigenvalue weighted by molar-refractivity contribution is 0.0232. The summed E-state index contributed by atoms with van der Waals surface area (Å²) in [5, 5.41) is 7.68. The third kappa shape index (κ3) is 10.1. The van der Waals surface area contributed by atoms with Crippen LogP contribution < -0.4 is 10.6 Å². The number of ether oxygens (including phenoxy) is 1. The molecule has 0 saturated heterocycles. The second-order valence-electron chi connectivity index (χ2n) is 8.21. The molecule has 32 heavy (non-hydrogen) atoms. The number of nitrogens with zero attached hydrogens (tertiary/aromatic N) is 4. The molecule has 10 heteroatoms. The Balaban J connectivity index is 0.00000512. The van der Waals surface area contributed by atoms with Gasteiger partial charge in [-0.2, -0.15) is 0 Å². The van der Waals surface area contributed by atoms with E-state index < -0.39 is 5.60 Å². The van der Waals surface area contributed by atoms with Gasteiger partial charge in [-0.3, -0.25) is 9.98 Å². The Kier molecular flexibility index (Phi) is 11.9. The Morgan fingerprint density at radius 1 is 1.28 bits per heavy atom. The van der Waals surface area contributed by atoms with Crippen LogP contribution in [0.1, 0.15) is 48.3 Å². The monoisotopic (exact) mass is 574 g/mol. The third-order valence-electron chi connectivity index (χ3n) is 4.28. The largest absolute Gasteiger partial charge is 0.444 e. The maximum Gasteiger partial charge on any atom is 0.410 e. The number of hydrogen-bond donors (Lipinski definition) is 2. The average Bonchev–Trinajstić information content (AvgIpc) is 3.03. The summed E-state index contributed by atoms with van der Waals surface area (Å²) in [5.74, 6) is 0.724. The molecule has 0 aliphatic rings. The minimum atomic E-state index is -0.540. The first-order chi connectivity index (χ1) is 14.7. The van der Waals surface area contributed by atoms with E-state index in [2.05, 4.69) is 25.6 Å². The van der Waals surface area contributed by atoms with Crippen molar-refractivity contribution in [2.24, 2.45) is 4.99 Å². The normalized spacial score (nSPS) is 11.5. The smallest absolute Gasteiger partial charge is 0.410 e. The maximum atomic E-state index is 12.7. The molecule has 178 valence electrons. The van der Waals surface area contributed by atoms with Crippen LogP contribution in [0.4, 0.5) is 4.79 Å². The zero-order valence-electron chi connectivity index (χ0n) is 19.8. The lowest BCUT2D eigenvalue weighted by Crippen LogP contribution is -2.40. The number of aryl methyl sites for hydroxylation is 2. The average molecular weight is 575 g/mol. The Labute approximate surface area is 212 Å². The number of rotatable bonds is 8. The van der Waals surface area contributed by atoms with Gasteiger partial charge < -0.3 is 20.3 Å². The number of nitrogens with one attached hydrogen (secondary N) is 2. The van der Waals surface area contributed by atoms with Crippen LogP contribution in [-0.2, 0) is 17.8 Å². The van der Waals surface area contributed by atoms with Crippen LogP contribution in [0.25, 0.3) is 0 Å². The molecule has 0 aromatic carbocycles. The van der Waals surface area contributed by atoms with Crippen molar-refractivity contribution in [3.05, 3.63) is 45.7 Å². The fourth-order valence-electron chi connectivity index (χ4n) is 2.87. The lowest BCUT2D eigenvalue weighted by atomic mass is 10.2. The molecule has 1 amide bonds. The highest BCUT2D eigenvalue weighted by molar-refractivity contribution is 14.0. The van der Waals surface area contributed by atoms with E-state index in [1.807, 2.05) is 46.8 Å². The summed E-state index contributed by atoms with van der Waals surface area (Å²) in [6, 6.07) is 3.82. The molecule has 0 bridgehead atoms. The second kappa shape index (κ2) is 13.6. The van der Waals surface area contributed by atoms with Crippen LogP contribution in [0.15, 0.2) is 29.5 Å². The van der Waals surface area contributed by atoms with Crippen LogP contribution in [-0.4, -0.2) is 52.7 Å². The second-order valence-corrected chi connectivity index (χ2v) is 9.50. The first-order valence-corrected chi connectivity index (χ1v) is 11.2. The summed E-state index contributed by atoms with van der Waals surface area (Å²) in [5.41, 5.74) is 1.48. The number of hydrogen-bond acceptors (Lipinski definition) is 6. The summed E-state index contributed by atoms with van der Waals surface area (Å²) >= 11 is 1.69. The fourth-order valence-corrected chi connectivity index (χ4v) is 3.75. The van der Waals surface area contributed by atoms with Crippen LogP contribution in [0, 0.1) is 13.8 Å². The minimum absolute atomic E-state index is 0. The van der Waals surface area contributed by atoms with E-state index in [1.165, 1.54) is 4.88 Å². The molecule has 0 aliphatic carbocycles. The van der Waals surface area contributed by atoms with Crippen molar-refractivity contribution >= 4 is 47.4 Å². The van der Waals surface area contributed by atoms with Crippen molar-refractivity contribution in [1.29, 1.82) is 0 Å². The summed E-state index contributed by atoms with van der Waals surface area (Å²) in [4.78, 5) is 28.4. The molecule has 2 heterocycles. The Morgan fingerprint density at radius 2 is 2.03 bits per heavy atom. The standard InChI is InChI=1S/C22H34N6O2S.HI/c1-16-19(31-17(2)27-16)14-26-20(23-6)25-11-8-12-28(21(29)30-22(3,4)5)15-18-9-7-10-24-13-18;/h7,9-10,13H,8,11-12,14-15H2,1-6H3,(H2,23,25,26);1H. The third-order valence-corrected chi connectivity index (χ3v) is 5.36. The van der Waals surface area contributed by atoms with Crippen molar-refractivity contribution < 1.29 is 9.53 Å². The van der Waals surface area contributed by atoms with E-state index in [0.717, 1.165) is 28.6 Å². The summed E-state index contributed by atoms with van der Waals surface area (Å²) in [6.07, 6.45) is 3.91. The van der Waals surface area contributed by atoms with E-state index in [-0.39, 0.29) is 30.1 Å². The number of amides is 1. The highest BCUT2D eigenvalue weighted by Crippen LogP contribution is 2.16. The van der Waals surface area contributed by atoms with Gasteiger partial charge in [-0.15, -0.1) is 35.3 Å². The first-order valence-electron chi connectivity index (χ1n) is 10.4. The van der Waals surface area contributed by atoms with Crippen molar-refractivity contribution in [1.82, 2.24) is 25.5 Å². The van der Waals surface area contributed by atoms with Gasteiger partial charge in [-0.25, -0.2) is 9.78 Å². The Hall–Kier alpha value is -1.95. The minimum Gasteiger partial charge on any atom is -0.444 e. The Bertz CT molecular complexity index is 867. The van der Waals surface area contributed by atoms with Gasteiger partial charge in [0.15, 0.2) is 5.96 Å². The molecule has 0 unspecified atom stereocenters. The molecule has 2 N–H and O–H groups in total. The van der Waals surface area contributed by atoms with E-state index in [4.69, 9.17) is 4.74 Å². The van der Waals surface area contributed by atoms with Gasteiger partial charge in [0.2, 0.25) is 0 Å². The number of carbonyl (C=O) groups is 1.